The standard InChI is InChI=1S/C14H15ClFN5O4/c15-2-1-14(18)6(4-22)8(5-23)25-12(14)21-3-7(16)9-10(21)19-13(17)20-11(9)24/h3,6,8,12,22-23H,4-5,18H2,(H3,17,19,20,24)/t6?,8-,12-,14?/m1/s1. The lowest BCUT2D eigenvalue weighted by molar-refractivity contribution is -0.0373. The predicted molar refractivity (Wildman–Crippen MR) is 86.8 cm³/mol. The van der Waals surface area contributed by atoms with Crippen LogP contribution in [0.5, 0.6) is 0 Å². The molecule has 0 radical (unpaired) electrons. The van der Waals surface area contributed by atoms with E-state index < -0.39 is 48.4 Å². The Kier molecular flexibility index (Phi) is 4.44. The zero-order valence-corrected chi connectivity index (χ0v) is 13.5. The van der Waals surface area contributed by atoms with Crippen LogP contribution >= 0.6 is 11.6 Å². The number of nitrogens with two attached hydrogens (primary N) is 2. The average molecular weight is 372 g/mol. The SMILES string of the molecule is Nc1nc2c(c(F)cn2[C@@H]2O[C@H](CO)C(CO)C2(N)C#CCl)c(=O)[nH]1. The van der Waals surface area contributed by atoms with E-state index in [0.717, 1.165) is 10.8 Å². The first-order chi connectivity index (χ1) is 11.9. The number of aliphatic hydroxyl groups excluding tert-OH is 2. The third-order valence-electron chi connectivity index (χ3n) is 4.32. The van der Waals surface area contributed by atoms with Crippen LogP contribution in [0.1, 0.15) is 6.23 Å². The minimum absolute atomic E-state index is 0.106. The highest BCUT2D eigenvalue weighted by molar-refractivity contribution is 6.30. The lowest BCUT2D eigenvalue weighted by Gasteiger charge is -2.29. The number of nitrogen functional groups attached to an aromatic ring is 1. The number of aliphatic hydroxyl groups is 2. The summed E-state index contributed by atoms with van der Waals surface area (Å²) in [6, 6.07) is 0. The van der Waals surface area contributed by atoms with Crippen molar-refractivity contribution >= 4 is 28.6 Å². The summed E-state index contributed by atoms with van der Waals surface area (Å²) in [5, 5.41) is 21.0. The molecule has 3 heterocycles. The van der Waals surface area contributed by atoms with Crippen LogP contribution in [0, 0.1) is 23.0 Å². The van der Waals surface area contributed by atoms with Crippen molar-refractivity contribution in [3.05, 3.63) is 22.4 Å². The number of fused-ring (bicyclic) bond motifs is 1. The molecule has 2 aromatic rings. The second-order valence-electron chi connectivity index (χ2n) is 5.69. The fraction of sp³-hybridized carbons (Fsp3) is 0.429. The highest BCUT2D eigenvalue weighted by atomic mass is 35.5. The highest BCUT2D eigenvalue weighted by Gasteiger charge is 2.54. The van der Waals surface area contributed by atoms with Gasteiger partial charge >= 0.3 is 0 Å². The molecule has 0 amide bonds. The van der Waals surface area contributed by atoms with Crippen molar-refractivity contribution in [2.45, 2.75) is 17.9 Å². The van der Waals surface area contributed by atoms with Gasteiger partial charge < -0.3 is 26.4 Å². The maximum absolute atomic E-state index is 14.3. The lowest BCUT2D eigenvalue weighted by Crippen LogP contribution is -2.51. The Morgan fingerprint density at radius 1 is 1.52 bits per heavy atom. The Bertz CT molecular complexity index is 935. The van der Waals surface area contributed by atoms with Crippen molar-refractivity contribution in [2.75, 3.05) is 18.9 Å². The first-order valence-corrected chi connectivity index (χ1v) is 7.59. The van der Waals surface area contributed by atoms with Gasteiger partial charge in [-0.05, 0) is 11.6 Å². The fourth-order valence-corrected chi connectivity index (χ4v) is 3.31. The van der Waals surface area contributed by atoms with E-state index in [4.69, 9.17) is 27.8 Å². The van der Waals surface area contributed by atoms with Gasteiger partial charge in [0, 0.05) is 17.5 Å². The highest BCUT2D eigenvalue weighted by Crippen LogP contribution is 2.42. The third-order valence-corrected chi connectivity index (χ3v) is 4.42. The molecule has 11 heteroatoms. The Morgan fingerprint density at radius 2 is 2.24 bits per heavy atom. The van der Waals surface area contributed by atoms with Crippen molar-refractivity contribution in [3.63, 3.8) is 0 Å². The van der Waals surface area contributed by atoms with Crippen LogP contribution in [0.3, 0.4) is 0 Å². The number of halogens is 2. The van der Waals surface area contributed by atoms with E-state index in [1.807, 2.05) is 0 Å². The van der Waals surface area contributed by atoms with Gasteiger partial charge in [0.25, 0.3) is 5.56 Å². The Labute approximate surface area is 145 Å². The second kappa shape index (κ2) is 6.29. The first kappa shape index (κ1) is 17.7. The van der Waals surface area contributed by atoms with Crippen LogP contribution in [0.4, 0.5) is 10.3 Å². The number of hydrogen-bond acceptors (Lipinski definition) is 7. The summed E-state index contributed by atoms with van der Waals surface area (Å²) in [5.74, 6) is 0.652. The molecule has 1 aliphatic rings. The molecule has 1 aliphatic heterocycles. The van der Waals surface area contributed by atoms with Gasteiger partial charge in [0.1, 0.15) is 10.9 Å². The third kappa shape index (κ3) is 2.57. The number of nitrogens with zero attached hydrogens (tertiary/aromatic N) is 2. The largest absolute Gasteiger partial charge is 0.396 e. The molecule has 0 aromatic carbocycles. The maximum atomic E-state index is 14.3. The molecule has 1 fully saturated rings. The van der Waals surface area contributed by atoms with Gasteiger partial charge in [-0.3, -0.25) is 14.3 Å². The number of hydrogen-bond donors (Lipinski definition) is 5. The normalized spacial score (nSPS) is 28.9. The van der Waals surface area contributed by atoms with E-state index >= 15 is 0 Å². The number of anilines is 1. The van der Waals surface area contributed by atoms with Gasteiger partial charge in [0.2, 0.25) is 5.95 Å². The first-order valence-electron chi connectivity index (χ1n) is 7.22. The second-order valence-corrected chi connectivity index (χ2v) is 5.87. The molecule has 7 N–H and O–H groups in total. The summed E-state index contributed by atoms with van der Waals surface area (Å²) in [6.07, 6.45) is -1.07. The molecule has 4 atom stereocenters. The Hall–Kier alpha value is -2.16. The minimum atomic E-state index is -1.57. The van der Waals surface area contributed by atoms with Crippen LogP contribution in [0.2, 0.25) is 0 Å². The van der Waals surface area contributed by atoms with Crippen molar-refractivity contribution in [2.24, 2.45) is 11.7 Å². The van der Waals surface area contributed by atoms with E-state index in [0.29, 0.717) is 0 Å². The maximum Gasteiger partial charge on any atom is 0.264 e. The monoisotopic (exact) mass is 371 g/mol. The fourth-order valence-electron chi connectivity index (χ4n) is 3.14. The molecule has 2 aromatic heterocycles. The summed E-state index contributed by atoms with van der Waals surface area (Å²) in [5.41, 5.74) is 9.39. The van der Waals surface area contributed by atoms with E-state index in [1.165, 1.54) is 0 Å². The van der Waals surface area contributed by atoms with Crippen LogP contribution in [0.25, 0.3) is 11.0 Å². The number of nitrogens with one attached hydrogen (secondary N) is 1. The molecule has 25 heavy (non-hydrogen) atoms. The van der Waals surface area contributed by atoms with Gasteiger partial charge in [0.15, 0.2) is 17.7 Å². The van der Waals surface area contributed by atoms with Gasteiger partial charge in [0.05, 0.1) is 19.3 Å². The van der Waals surface area contributed by atoms with Crippen molar-refractivity contribution < 1.29 is 19.3 Å². The molecular weight excluding hydrogens is 357 g/mol. The summed E-state index contributed by atoms with van der Waals surface area (Å²) >= 11 is 5.50. The zero-order chi connectivity index (χ0) is 18.4. The molecule has 3 rings (SSSR count). The Balaban J connectivity index is 2.25. The van der Waals surface area contributed by atoms with Crippen LogP contribution in [-0.4, -0.2) is 49.6 Å². The quantitative estimate of drug-likeness (QED) is 0.427. The topological polar surface area (TPSA) is 152 Å². The molecule has 0 bridgehead atoms. The van der Waals surface area contributed by atoms with Gasteiger partial charge in [-0.2, -0.15) is 4.98 Å². The molecule has 1 saturated heterocycles. The summed E-state index contributed by atoms with van der Waals surface area (Å²) in [6.45, 7) is -0.913. The Morgan fingerprint density at radius 3 is 2.84 bits per heavy atom. The molecule has 0 saturated carbocycles. The molecule has 9 nitrogen and oxygen atoms in total. The number of aromatic amines is 1. The van der Waals surface area contributed by atoms with Crippen molar-refractivity contribution in [3.8, 4) is 11.3 Å². The van der Waals surface area contributed by atoms with Crippen LogP contribution in [0.15, 0.2) is 11.0 Å². The van der Waals surface area contributed by atoms with E-state index in [1.54, 1.807) is 0 Å². The van der Waals surface area contributed by atoms with E-state index in [2.05, 4.69) is 21.3 Å². The molecule has 2 unspecified atom stereocenters. The molecular formula is C14H15ClFN5O4. The van der Waals surface area contributed by atoms with Gasteiger partial charge in [-0.25, -0.2) is 4.39 Å². The number of ether oxygens (including phenoxy) is 1. The van der Waals surface area contributed by atoms with Crippen LogP contribution in [-0.2, 0) is 4.74 Å². The lowest BCUT2D eigenvalue weighted by atomic mass is 9.83. The van der Waals surface area contributed by atoms with Crippen molar-refractivity contribution in [1.29, 1.82) is 0 Å². The smallest absolute Gasteiger partial charge is 0.264 e. The van der Waals surface area contributed by atoms with Crippen LogP contribution < -0.4 is 17.0 Å². The van der Waals surface area contributed by atoms with Gasteiger partial charge in [-0.1, -0.05) is 5.92 Å². The number of aromatic nitrogens is 3. The van der Waals surface area contributed by atoms with E-state index in [9.17, 15) is 19.4 Å². The number of H-pyrrole nitrogens is 1. The van der Waals surface area contributed by atoms with Gasteiger partial charge in [-0.15, -0.1) is 0 Å². The molecule has 0 aliphatic carbocycles. The number of rotatable bonds is 3. The molecule has 134 valence electrons. The molecule has 0 spiro atoms. The zero-order valence-electron chi connectivity index (χ0n) is 12.7. The minimum Gasteiger partial charge on any atom is -0.396 e. The van der Waals surface area contributed by atoms with E-state index in [-0.39, 0.29) is 17.0 Å². The van der Waals surface area contributed by atoms with Crippen molar-refractivity contribution in [1.82, 2.24) is 14.5 Å². The summed E-state index contributed by atoms with van der Waals surface area (Å²) in [4.78, 5) is 18.1. The average Bonchev–Trinajstić information content (AvgIpc) is 3.01. The summed E-state index contributed by atoms with van der Waals surface area (Å²) < 4.78 is 21.1. The summed E-state index contributed by atoms with van der Waals surface area (Å²) in [7, 11) is 0. The predicted octanol–water partition coefficient (Wildman–Crippen LogP) is -1.16.